The first-order valence-corrected chi connectivity index (χ1v) is 13.7. The maximum Gasteiger partial charge on any atom is 0.405 e. The number of aromatic nitrogens is 1. The average molecular weight is 609 g/mol. The van der Waals surface area contributed by atoms with Crippen LogP contribution in [0.1, 0.15) is 43.5 Å². The molecule has 0 saturated carbocycles. The van der Waals surface area contributed by atoms with Crippen LogP contribution in [-0.4, -0.2) is 75.8 Å². The molecule has 0 aliphatic carbocycles. The molecule has 1 aliphatic rings. The lowest BCUT2D eigenvalue weighted by Crippen LogP contribution is -2.63. The van der Waals surface area contributed by atoms with Gasteiger partial charge in [-0.2, -0.15) is 13.2 Å². The van der Waals surface area contributed by atoms with Crippen molar-refractivity contribution < 1.29 is 37.1 Å². The number of benzene rings is 1. The van der Waals surface area contributed by atoms with Gasteiger partial charge in [-0.15, -0.1) is 0 Å². The van der Waals surface area contributed by atoms with Crippen LogP contribution >= 0.6 is 0 Å². The third-order valence-electron chi connectivity index (χ3n) is 7.30. The van der Waals surface area contributed by atoms with Crippen molar-refractivity contribution in [3.05, 3.63) is 65.2 Å². The predicted molar refractivity (Wildman–Crippen MR) is 149 cm³/mol. The topological polar surface area (TPSA) is 162 Å². The summed E-state index contributed by atoms with van der Waals surface area (Å²) in [5.74, 6) is -2.95. The van der Waals surface area contributed by atoms with Gasteiger partial charge in [-0.3, -0.25) is 19.4 Å². The second-order valence-electron chi connectivity index (χ2n) is 11.2. The number of nitrogens with two attached hydrogens (primary N) is 1. The highest BCUT2D eigenvalue weighted by atomic mass is 19.4. The molecule has 2 atom stereocenters. The van der Waals surface area contributed by atoms with E-state index in [-0.39, 0.29) is 44.5 Å². The van der Waals surface area contributed by atoms with E-state index in [0.717, 1.165) is 0 Å². The molecule has 43 heavy (non-hydrogen) atoms. The molecule has 1 aromatic carbocycles. The summed E-state index contributed by atoms with van der Waals surface area (Å²) in [5.41, 5.74) is 3.72. The second-order valence-corrected chi connectivity index (χ2v) is 11.2. The molecule has 1 aliphatic heterocycles. The van der Waals surface area contributed by atoms with Crippen LogP contribution in [0.2, 0.25) is 0 Å². The number of piperidine rings is 1. The zero-order valence-corrected chi connectivity index (χ0v) is 23.9. The SMILES string of the molecule is CC(C)(N)C(=O)N[C@H](CCc1cc(F)ccc1CO)C(=O)N1CCC(=N)[C@](Cc2ccccn2)(C(=O)NCC(F)(F)F)C1. The summed E-state index contributed by atoms with van der Waals surface area (Å²) in [6, 6.07) is 7.41. The van der Waals surface area contributed by atoms with E-state index in [1.807, 2.05) is 5.32 Å². The molecule has 1 fully saturated rings. The van der Waals surface area contributed by atoms with Crippen LogP contribution in [0, 0.1) is 16.6 Å². The number of rotatable bonds is 11. The Morgan fingerprint density at radius 2 is 1.91 bits per heavy atom. The number of nitrogens with one attached hydrogen (secondary N) is 3. The van der Waals surface area contributed by atoms with Gasteiger partial charge >= 0.3 is 6.18 Å². The predicted octanol–water partition coefficient (Wildman–Crippen LogP) is 2.03. The number of aliphatic hydroxyl groups is 1. The van der Waals surface area contributed by atoms with E-state index < -0.39 is 59.8 Å². The lowest BCUT2D eigenvalue weighted by Gasteiger charge is -2.43. The van der Waals surface area contributed by atoms with Gasteiger partial charge in [0.15, 0.2) is 0 Å². The summed E-state index contributed by atoms with van der Waals surface area (Å²) in [5, 5.41) is 22.8. The monoisotopic (exact) mass is 608 g/mol. The fraction of sp³-hybridized carbons (Fsp3) is 0.483. The molecular weight excluding hydrogens is 572 g/mol. The number of hydrogen-bond acceptors (Lipinski definition) is 7. The lowest BCUT2D eigenvalue weighted by atomic mass is 9.73. The summed E-state index contributed by atoms with van der Waals surface area (Å²) in [6.45, 7) is 0.395. The first-order chi connectivity index (χ1) is 20.1. The van der Waals surface area contributed by atoms with E-state index in [9.17, 15) is 37.1 Å². The van der Waals surface area contributed by atoms with Gasteiger partial charge < -0.3 is 31.8 Å². The van der Waals surface area contributed by atoms with Crippen LogP contribution in [0.25, 0.3) is 0 Å². The molecular formula is C29H36F4N6O4. The Kier molecular flexibility index (Phi) is 10.6. The molecule has 10 nitrogen and oxygen atoms in total. The molecule has 0 bridgehead atoms. The number of carbonyl (C=O) groups is 3. The van der Waals surface area contributed by atoms with E-state index >= 15 is 0 Å². The van der Waals surface area contributed by atoms with Gasteiger partial charge in [0.1, 0.15) is 23.8 Å². The Morgan fingerprint density at radius 1 is 1.19 bits per heavy atom. The Balaban J connectivity index is 1.95. The van der Waals surface area contributed by atoms with Crippen molar-refractivity contribution in [1.82, 2.24) is 20.5 Å². The largest absolute Gasteiger partial charge is 0.405 e. The molecule has 0 spiro atoms. The highest BCUT2D eigenvalue weighted by molar-refractivity contribution is 6.09. The van der Waals surface area contributed by atoms with Gasteiger partial charge in [-0.25, -0.2) is 4.39 Å². The standard InChI is InChI=1S/C29H36F4N6O4/c1-27(2,35)25(42)38-22(9-7-18-13-20(30)8-6-19(18)15-40)24(41)39-12-10-23(34)28(17-39,14-21-5-3-4-11-36-21)26(43)37-16-29(31,32)33/h3-6,8,11,13,22,34,40H,7,9-10,12,14-17,35H2,1-2H3,(H,37,43)(H,38,42)/t22-,28-/m1/s1. The zero-order chi connectivity index (χ0) is 32.0. The fourth-order valence-corrected chi connectivity index (χ4v) is 4.89. The van der Waals surface area contributed by atoms with Crippen LogP contribution < -0.4 is 16.4 Å². The van der Waals surface area contributed by atoms with Gasteiger partial charge in [-0.05, 0) is 62.1 Å². The Bertz CT molecular complexity index is 1330. The van der Waals surface area contributed by atoms with Crippen molar-refractivity contribution in [2.75, 3.05) is 19.6 Å². The maximum atomic E-state index is 14.0. The number of aryl methyl sites for hydroxylation is 1. The number of pyridine rings is 1. The summed E-state index contributed by atoms with van der Waals surface area (Å²) in [4.78, 5) is 45.6. The highest BCUT2D eigenvalue weighted by Crippen LogP contribution is 2.32. The van der Waals surface area contributed by atoms with Crippen molar-refractivity contribution in [3.8, 4) is 0 Å². The normalized spacial score (nSPS) is 18.2. The van der Waals surface area contributed by atoms with Crippen molar-refractivity contribution in [1.29, 1.82) is 5.41 Å². The quantitative estimate of drug-likeness (QED) is 0.245. The molecule has 234 valence electrons. The van der Waals surface area contributed by atoms with Gasteiger partial charge in [0, 0.05) is 43.5 Å². The van der Waals surface area contributed by atoms with Crippen molar-refractivity contribution >= 4 is 23.4 Å². The first kappa shape index (κ1) is 33.6. The van der Waals surface area contributed by atoms with Crippen LogP contribution in [0.3, 0.4) is 0 Å². The zero-order valence-electron chi connectivity index (χ0n) is 23.9. The van der Waals surface area contributed by atoms with Crippen LogP contribution in [0.15, 0.2) is 42.6 Å². The number of alkyl halides is 3. The molecule has 14 heteroatoms. The van der Waals surface area contributed by atoms with Gasteiger partial charge in [-0.1, -0.05) is 12.1 Å². The Labute approximate surface area is 246 Å². The molecule has 1 aromatic heterocycles. The number of likely N-dealkylation sites (tertiary alicyclic amines) is 1. The number of halogens is 4. The number of hydrogen-bond donors (Lipinski definition) is 5. The minimum Gasteiger partial charge on any atom is -0.392 e. The highest BCUT2D eigenvalue weighted by Gasteiger charge is 2.49. The summed E-state index contributed by atoms with van der Waals surface area (Å²) in [6.07, 6.45) is -3.58. The molecule has 1 saturated heterocycles. The Hall–Kier alpha value is -3.91. The molecule has 0 radical (unpaired) electrons. The molecule has 0 unspecified atom stereocenters. The smallest absolute Gasteiger partial charge is 0.392 e. The van der Waals surface area contributed by atoms with Gasteiger partial charge in [0.25, 0.3) is 0 Å². The minimum absolute atomic E-state index is 0.0333. The number of carbonyl (C=O) groups excluding carboxylic acids is 3. The molecule has 3 amide bonds. The van der Waals surface area contributed by atoms with Gasteiger partial charge in [0.05, 0.1) is 12.1 Å². The first-order valence-electron chi connectivity index (χ1n) is 13.7. The third-order valence-corrected chi connectivity index (χ3v) is 7.30. The molecule has 3 rings (SSSR count). The summed E-state index contributed by atoms with van der Waals surface area (Å²) in [7, 11) is 0. The van der Waals surface area contributed by atoms with E-state index in [4.69, 9.17) is 11.1 Å². The van der Waals surface area contributed by atoms with E-state index in [1.165, 1.54) is 43.1 Å². The van der Waals surface area contributed by atoms with Crippen molar-refractivity contribution in [3.63, 3.8) is 0 Å². The minimum atomic E-state index is -4.71. The number of nitrogens with zero attached hydrogens (tertiary/aromatic N) is 2. The number of aliphatic hydroxyl groups excluding tert-OH is 1. The Morgan fingerprint density at radius 3 is 2.51 bits per heavy atom. The summed E-state index contributed by atoms with van der Waals surface area (Å²) >= 11 is 0. The van der Waals surface area contributed by atoms with Crippen LogP contribution in [0.5, 0.6) is 0 Å². The second kappa shape index (κ2) is 13.6. The average Bonchev–Trinajstić information content (AvgIpc) is 2.94. The van der Waals surface area contributed by atoms with Crippen molar-refractivity contribution in [2.24, 2.45) is 11.1 Å². The molecule has 2 heterocycles. The van der Waals surface area contributed by atoms with E-state index in [2.05, 4.69) is 10.3 Å². The third kappa shape index (κ3) is 8.80. The molecule has 6 N–H and O–H groups in total. The van der Waals surface area contributed by atoms with E-state index in [0.29, 0.717) is 16.8 Å². The fourth-order valence-electron chi connectivity index (χ4n) is 4.89. The van der Waals surface area contributed by atoms with Crippen LogP contribution in [-0.2, 0) is 33.8 Å². The van der Waals surface area contributed by atoms with Crippen molar-refractivity contribution in [2.45, 2.75) is 63.9 Å². The van der Waals surface area contributed by atoms with Crippen LogP contribution in [0.4, 0.5) is 17.6 Å². The number of amides is 3. The maximum absolute atomic E-state index is 14.0. The summed E-state index contributed by atoms with van der Waals surface area (Å²) < 4.78 is 53.0. The lowest BCUT2D eigenvalue weighted by molar-refractivity contribution is -0.146. The van der Waals surface area contributed by atoms with E-state index in [1.54, 1.807) is 18.2 Å². The molecule has 2 aromatic rings. The van der Waals surface area contributed by atoms with Gasteiger partial charge in [0.2, 0.25) is 17.7 Å².